The molecule has 78 valence electrons. The zero-order valence-electron chi connectivity index (χ0n) is 7.73. The number of aliphatic hydroxyl groups excluding tert-OH is 1. The van der Waals surface area contributed by atoms with Crippen molar-refractivity contribution in [2.75, 3.05) is 12.3 Å². The number of nitrogens with two attached hydrogens (primary N) is 1. The predicted octanol–water partition coefficient (Wildman–Crippen LogP) is -0.848. The summed E-state index contributed by atoms with van der Waals surface area (Å²) in [6.45, 7) is 1.71. The highest BCUT2D eigenvalue weighted by Crippen LogP contribution is 2.04. The van der Waals surface area contributed by atoms with Gasteiger partial charge >= 0.3 is 0 Å². The van der Waals surface area contributed by atoms with E-state index in [-0.39, 0.29) is 24.2 Å². The van der Waals surface area contributed by atoms with Gasteiger partial charge in [-0.2, -0.15) is 0 Å². The Labute approximate surface area is 80.2 Å². The molecule has 0 aliphatic heterocycles. The Bertz CT molecular complexity index is 308. The van der Waals surface area contributed by atoms with Gasteiger partial charge in [0.1, 0.15) is 0 Å². The highest BCUT2D eigenvalue weighted by Gasteiger charge is 2.18. The van der Waals surface area contributed by atoms with Gasteiger partial charge in [-0.3, -0.25) is 4.79 Å². The first-order valence-electron chi connectivity index (χ1n) is 4.18. The summed E-state index contributed by atoms with van der Waals surface area (Å²) in [6, 6.07) is -0.307. The number of aromatic nitrogens is 2. The van der Waals surface area contributed by atoms with Crippen LogP contribution in [0.25, 0.3) is 0 Å². The molecule has 14 heavy (non-hydrogen) atoms. The molecule has 1 aromatic heterocycles. The van der Waals surface area contributed by atoms with Crippen LogP contribution in [0, 0.1) is 0 Å². The summed E-state index contributed by atoms with van der Waals surface area (Å²) in [5, 5.41) is 18.0. The second-order valence-electron chi connectivity index (χ2n) is 2.76. The predicted molar refractivity (Wildman–Crippen MR) is 47.3 cm³/mol. The van der Waals surface area contributed by atoms with Crippen molar-refractivity contribution in [1.82, 2.24) is 15.6 Å². The minimum Gasteiger partial charge on any atom is -0.394 e. The molecule has 0 aliphatic rings. The minimum atomic E-state index is -0.496. The van der Waals surface area contributed by atoms with Gasteiger partial charge in [0.2, 0.25) is 11.5 Å². The molecule has 0 aliphatic carbocycles. The molecule has 0 spiro atoms. The molecule has 1 atom stereocenters. The van der Waals surface area contributed by atoms with Crippen LogP contribution < -0.4 is 11.1 Å². The lowest BCUT2D eigenvalue weighted by atomic mass is 10.2. The van der Waals surface area contributed by atoms with Crippen molar-refractivity contribution >= 4 is 11.7 Å². The van der Waals surface area contributed by atoms with E-state index in [0.717, 1.165) is 0 Å². The molecule has 1 amide bonds. The van der Waals surface area contributed by atoms with Crippen LogP contribution in [0.4, 0.5) is 5.82 Å². The molecule has 0 unspecified atom stereocenters. The van der Waals surface area contributed by atoms with Crippen LogP contribution in [0.15, 0.2) is 4.63 Å². The third-order valence-electron chi connectivity index (χ3n) is 1.78. The summed E-state index contributed by atoms with van der Waals surface area (Å²) >= 11 is 0. The van der Waals surface area contributed by atoms with E-state index in [4.69, 9.17) is 10.8 Å². The molecule has 7 heteroatoms. The number of carbonyl (C=O) groups is 1. The number of nitrogen functional groups attached to an aromatic ring is 1. The average molecular weight is 200 g/mol. The summed E-state index contributed by atoms with van der Waals surface area (Å²) in [4.78, 5) is 11.4. The molecule has 4 N–H and O–H groups in total. The van der Waals surface area contributed by atoms with Gasteiger partial charge in [0.15, 0.2) is 0 Å². The van der Waals surface area contributed by atoms with E-state index in [9.17, 15) is 4.79 Å². The van der Waals surface area contributed by atoms with Crippen molar-refractivity contribution in [2.45, 2.75) is 19.4 Å². The quantitative estimate of drug-likeness (QED) is 0.583. The number of anilines is 1. The van der Waals surface area contributed by atoms with Crippen molar-refractivity contribution in [3.63, 3.8) is 0 Å². The topological polar surface area (TPSA) is 114 Å². The van der Waals surface area contributed by atoms with Crippen molar-refractivity contribution in [3.8, 4) is 0 Å². The molecule has 1 rings (SSSR count). The van der Waals surface area contributed by atoms with Crippen LogP contribution in [0.2, 0.25) is 0 Å². The SMILES string of the molecule is CC[C@@H](CO)NC(=O)c1nonc1N. The summed E-state index contributed by atoms with van der Waals surface area (Å²) in [6.07, 6.45) is 0.618. The van der Waals surface area contributed by atoms with Crippen LogP contribution in [0.1, 0.15) is 23.8 Å². The van der Waals surface area contributed by atoms with Gasteiger partial charge in [-0.1, -0.05) is 6.92 Å². The van der Waals surface area contributed by atoms with E-state index in [1.165, 1.54) is 0 Å². The Morgan fingerprint density at radius 2 is 2.43 bits per heavy atom. The van der Waals surface area contributed by atoms with Crippen molar-refractivity contribution in [3.05, 3.63) is 5.69 Å². The van der Waals surface area contributed by atoms with Gasteiger partial charge in [0, 0.05) is 0 Å². The Morgan fingerprint density at radius 3 is 2.86 bits per heavy atom. The number of nitrogens with one attached hydrogen (secondary N) is 1. The van der Waals surface area contributed by atoms with E-state index < -0.39 is 5.91 Å². The molecule has 7 nitrogen and oxygen atoms in total. The third kappa shape index (κ3) is 2.19. The number of hydrogen-bond donors (Lipinski definition) is 3. The second-order valence-corrected chi connectivity index (χ2v) is 2.76. The number of hydrogen-bond acceptors (Lipinski definition) is 6. The normalized spacial score (nSPS) is 12.4. The highest BCUT2D eigenvalue weighted by molar-refractivity contribution is 5.96. The van der Waals surface area contributed by atoms with Gasteiger partial charge in [-0.15, -0.1) is 0 Å². The van der Waals surface area contributed by atoms with Crippen LogP contribution in [0.5, 0.6) is 0 Å². The minimum absolute atomic E-state index is 0.0584. The Balaban J connectivity index is 2.63. The first-order chi connectivity index (χ1) is 6.69. The molecule has 1 heterocycles. The molecule has 0 saturated heterocycles. The summed E-state index contributed by atoms with van der Waals surface area (Å²) < 4.78 is 4.27. The number of aliphatic hydroxyl groups is 1. The smallest absolute Gasteiger partial charge is 0.277 e. The molecule has 1 aromatic rings. The number of amides is 1. The van der Waals surface area contributed by atoms with E-state index >= 15 is 0 Å². The van der Waals surface area contributed by atoms with E-state index in [1.807, 2.05) is 6.92 Å². The number of nitrogens with zero attached hydrogens (tertiary/aromatic N) is 2. The van der Waals surface area contributed by atoms with Crippen LogP contribution in [-0.2, 0) is 0 Å². The zero-order valence-corrected chi connectivity index (χ0v) is 7.73. The highest BCUT2D eigenvalue weighted by atomic mass is 16.6. The zero-order chi connectivity index (χ0) is 10.6. The molecular formula is C7H12N4O3. The Morgan fingerprint density at radius 1 is 1.71 bits per heavy atom. The van der Waals surface area contributed by atoms with E-state index in [1.54, 1.807) is 0 Å². The van der Waals surface area contributed by atoms with Crippen molar-refractivity contribution in [2.24, 2.45) is 0 Å². The summed E-state index contributed by atoms with van der Waals surface area (Å²) in [5.41, 5.74) is 5.25. The summed E-state index contributed by atoms with van der Waals surface area (Å²) in [5.74, 6) is -0.556. The molecule has 0 radical (unpaired) electrons. The average Bonchev–Trinajstić information content (AvgIpc) is 2.60. The lowest BCUT2D eigenvalue weighted by Crippen LogP contribution is -2.37. The van der Waals surface area contributed by atoms with E-state index in [2.05, 4.69) is 20.3 Å². The van der Waals surface area contributed by atoms with Crippen molar-refractivity contribution in [1.29, 1.82) is 0 Å². The first-order valence-corrected chi connectivity index (χ1v) is 4.18. The van der Waals surface area contributed by atoms with Gasteiger partial charge < -0.3 is 16.2 Å². The lowest BCUT2D eigenvalue weighted by molar-refractivity contribution is 0.0905. The van der Waals surface area contributed by atoms with Crippen LogP contribution >= 0.6 is 0 Å². The fraction of sp³-hybridized carbons (Fsp3) is 0.571. The third-order valence-corrected chi connectivity index (χ3v) is 1.78. The maximum absolute atomic E-state index is 11.4. The number of carbonyl (C=O) groups excluding carboxylic acids is 1. The summed E-state index contributed by atoms with van der Waals surface area (Å²) in [7, 11) is 0. The fourth-order valence-electron chi connectivity index (χ4n) is 0.884. The molecule has 0 saturated carbocycles. The monoisotopic (exact) mass is 200 g/mol. The van der Waals surface area contributed by atoms with Gasteiger partial charge in [0.25, 0.3) is 5.91 Å². The van der Waals surface area contributed by atoms with Gasteiger partial charge in [-0.05, 0) is 16.7 Å². The largest absolute Gasteiger partial charge is 0.394 e. The maximum Gasteiger partial charge on any atom is 0.277 e. The fourth-order valence-corrected chi connectivity index (χ4v) is 0.884. The van der Waals surface area contributed by atoms with Gasteiger partial charge in [0.05, 0.1) is 12.6 Å². The Kier molecular flexibility index (Phi) is 3.41. The Hall–Kier alpha value is -1.63. The number of rotatable bonds is 4. The molecule has 0 fully saturated rings. The molecule has 0 aromatic carbocycles. The second kappa shape index (κ2) is 4.56. The van der Waals surface area contributed by atoms with Crippen LogP contribution in [-0.4, -0.2) is 34.0 Å². The van der Waals surface area contributed by atoms with E-state index in [0.29, 0.717) is 6.42 Å². The lowest BCUT2D eigenvalue weighted by Gasteiger charge is -2.12. The molecule has 0 bridgehead atoms. The van der Waals surface area contributed by atoms with Gasteiger partial charge in [-0.25, -0.2) is 4.63 Å². The molecular weight excluding hydrogens is 188 g/mol. The standard InChI is InChI=1S/C7H12N4O3/c1-2-4(3-12)9-7(13)5-6(8)11-14-10-5/h4,12H,2-3H2,1H3,(H2,8,11)(H,9,13)/t4-/m0/s1. The maximum atomic E-state index is 11.4. The van der Waals surface area contributed by atoms with Crippen LogP contribution in [0.3, 0.4) is 0 Å². The first kappa shape index (κ1) is 10.5. The van der Waals surface area contributed by atoms with Crippen molar-refractivity contribution < 1.29 is 14.5 Å².